The van der Waals surface area contributed by atoms with Crippen LogP contribution in [0.15, 0.2) is 22.5 Å². The van der Waals surface area contributed by atoms with Crippen molar-refractivity contribution in [1.82, 2.24) is 15.6 Å². The summed E-state index contributed by atoms with van der Waals surface area (Å²) >= 11 is 8.24. The summed E-state index contributed by atoms with van der Waals surface area (Å²) in [5, 5.41) is 7.31. The van der Waals surface area contributed by atoms with Crippen molar-refractivity contribution in [3.05, 3.63) is 37.4 Å². The van der Waals surface area contributed by atoms with Crippen LogP contribution < -0.4 is 10.6 Å². The van der Waals surface area contributed by atoms with Crippen molar-refractivity contribution in [3.63, 3.8) is 0 Å². The number of halogens is 5. The van der Waals surface area contributed by atoms with Gasteiger partial charge in [-0.05, 0) is 12.1 Å². The van der Waals surface area contributed by atoms with Gasteiger partial charge >= 0.3 is 6.18 Å². The fourth-order valence-electron chi connectivity index (χ4n) is 1.52. The van der Waals surface area contributed by atoms with Crippen LogP contribution in [-0.2, 0) is 19.3 Å². The van der Waals surface area contributed by atoms with E-state index in [9.17, 15) is 13.2 Å². The number of nitrogens with zero attached hydrogens (tertiary/aromatic N) is 2. The first-order chi connectivity index (χ1) is 10.4. The molecule has 0 spiro atoms. The lowest BCUT2D eigenvalue weighted by atomic mass is 10.4. The van der Waals surface area contributed by atoms with E-state index in [1.54, 1.807) is 13.1 Å². The van der Waals surface area contributed by atoms with Crippen molar-refractivity contribution in [2.24, 2.45) is 4.99 Å². The molecule has 0 atom stereocenters. The summed E-state index contributed by atoms with van der Waals surface area (Å²) < 4.78 is 38.1. The third kappa shape index (κ3) is 6.43. The predicted octanol–water partition coefficient (Wildman–Crippen LogP) is 4.36. The molecule has 2 heterocycles. The van der Waals surface area contributed by atoms with E-state index in [4.69, 9.17) is 11.6 Å². The zero-order valence-electron chi connectivity index (χ0n) is 11.8. The zero-order chi connectivity index (χ0) is 16.2. The van der Waals surface area contributed by atoms with Gasteiger partial charge in [0.2, 0.25) is 0 Å². The normalized spacial score (nSPS) is 12.0. The number of guanidine groups is 1. The number of hydrogen-bond acceptors (Lipinski definition) is 4. The van der Waals surface area contributed by atoms with E-state index in [0.717, 1.165) is 21.6 Å². The lowest BCUT2D eigenvalue weighted by Crippen LogP contribution is -2.36. The molecule has 2 rings (SSSR count). The van der Waals surface area contributed by atoms with E-state index in [1.165, 1.54) is 11.3 Å². The van der Waals surface area contributed by atoms with Crippen LogP contribution in [-0.4, -0.2) is 18.0 Å². The van der Waals surface area contributed by atoms with Gasteiger partial charge in [-0.25, -0.2) is 4.98 Å². The zero-order valence-corrected chi connectivity index (χ0v) is 16.5. The molecule has 23 heavy (non-hydrogen) atoms. The Balaban J connectivity index is 0.00000264. The van der Waals surface area contributed by atoms with Gasteiger partial charge in [0.15, 0.2) is 11.7 Å². The molecular weight excluding hydrogens is 484 g/mol. The predicted molar refractivity (Wildman–Crippen MR) is 98.9 cm³/mol. The summed E-state index contributed by atoms with van der Waals surface area (Å²) in [6.45, 7) is 0.703. The number of thiazole rings is 1. The van der Waals surface area contributed by atoms with Gasteiger partial charge in [0.25, 0.3) is 0 Å². The molecule has 128 valence electrons. The Hall–Kier alpha value is -0.590. The Bertz CT molecular complexity index is 657. The van der Waals surface area contributed by atoms with Crippen molar-refractivity contribution in [2.45, 2.75) is 19.3 Å². The SMILES string of the molecule is CN=C(NCc1ccc(Cl)s1)NCc1nc(C(F)(F)F)cs1.I. The highest BCUT2D eigenvalue weighted by molar-refractivity contribution is 14.0. The lowest BCUT2D eigenvalue weighted by molar-refractivity contribution is -0.140. The Labute approximate surface area is 161 Å². The molecule has 2 N–H and O–H groups in total. The molecule has 2 aromatic rings. The maximum atomic E-state index is 12.5. The summed E-state index contributed by atoms with van der Waals surface area (Å²) in [4.78, 5) is 8.57. The molecule has 0 fully saturated rings. The summed E-state index contributed by atoms with van der Waals surface area (Å²) in [6, 6.07) is 3.69. The van der Waals surface area contributed by atoms with Gasteiger partial charge < -0.3 is 10.6 Å². The van der Waals surface area contributed by atoms with Crippen LogP contribution in [0.5, 0.6) is 0 Å². The fraction of sp³-hybridized carbons (Fsp3) is 0.333. The van der Waals surface area contributed by atoms with E-state index < -0.39 is 11.9 Å². The minimum Gasteiger partial charge on any atom is -0.352 e. The molecule has 0 aromatic carbocycles. The number of thiophene rings is 1. The minimum atomic E-state index is -4.41. The molecule has 0 bridgehead atoms. The van der Waals surface area contributed by atoms with E-state index in [2.05, 4.69) is 20.6 Å². The Kier molecular flexibility index (Phi) is 8.04. The molecule has 0 aliphatic heterocycles. The Morgan fingerprint density at radius 2 is 2.00 bits per heavy atom. The third-order valence-corrected chi connectivity index (χ3v) is 4.61. The van der Waals surface area contributed by atoms with Crippen LogP contribution >= 0.6 is 58.3 Å². The second-order valence-electron chi connectivity index (χ2n) is 4.11. The largest absolute Gasteiger partial charge is 0.434 e. The summed E-state index contributed by atoms with van der Waals surface area (Å²) in [6.07, 6.45) is -4.41. The quantitative estimate of drug-likeness (QED) is 0.376. The minimum absolute atomic E-state index is 0. The average Bonchev–Trinajstić information content (AvgIpc) is 3.07. The van der Waals surface area contributed by atoms with Crippen molar-refractivity contribution >= 4 is 64.2 Å². The molecule has 2 aromatic heterocycles. The average molecular weight is 497 g/mol. The summed E-state index contributed by atoms with van der Waals surface area (Å²) in [5.41, 5.74) is -0.870. The van der Waals surface area contributed by atoms with Crippen LogP contribution in [0.4, 0.5) is 13.2 Å². The molecule has 4 nitrogen and oxygen atoms in total. The fourth-order valence-corrected chi connectivity index (χ4v) is 3.29. The second kappa shape index (κ2) is 9.04. The standard InChI is InChI=1S/C12H12ClF3N4S2.HI/c1-17-11(18-4-7-2-3-9(13)22-7)19-5-10-20-8(6-21-10)12(14,15)16;/h2-3,6H,4-5H2,1H3,(H2,17,18,19);1H. The first-order valence-corrected chi connectivity index (χ1v) is 8.16. The Morgan fingerprint density at radius 3 is 2.52 bits per heavy atom. The smallest absolute Gasteiger partial charge is 0.352 e. The van der Waals surface area contributed by atoms with Gasteiger partial charge in [-0.3, -0.25) is 4.99 Å². The highest BCUT2D eigenvalue weighted by atomic mass is 127. The number of nitrogens with one attached hydrogen (secondary N) is 2. The highest BCUT2D eigenvalue weighted by Gasteiger charge is 2.33. The number of rotatable bonds is 4. The van der Waals surface area contributed by atoms with E-state index in [0.29, 0.717) is 21.8 Å². The van der Waals surface area contributed by atoms with Gasteiger partial charge in [-0.2, -0.15) is 13.2 Å². The molecule has 0 saturated carbocycles. The Morgan fingerprint density at radius 1 is 1.30 bits per heavy atom. The maximum Gasteiger partial charge on any atom is 0.434 e. The van der Waals surface area contributed by atoms with Crippen LogP contribution in [0, 0.1) is 0 Å². The van der Waals surface area contributed by atoms with E-state index in [-0.39, 0.29) is 30.5 Å². The highest BCUT2D eigenvalue weighted by Crippen LogP contribution is 2.29. The topological polar surface area (TPSA) is 49.3 Å². The second-order valence-corrected chi connectivity index (χ2v) is 6.85. The van der Waals surface area contributed by atoms with Gasteiger partial charge in [-0.1, -0.05) is 11.6 Å². The molecule has 0 amide bonds. The maximum absolute atomic E-state index is 12.5. The summed E-state index contributed by atoms with van der Waals surface area (Å²) in [5.74, 6) is 0.480. The molecule has 0 saturated heterocycles. The van der Waals surface area contributed by atoms with Crippen molar-refractivity contribution in [1.29, 1.82) is 0 Å². The van der Waals surface area contributed by atoms with Gasteiger partial charge in [0.1, 0.15) is 5.01 Å². The van der Waals surface area contributed by atoms with Crippen LogP contribution in [0.25, 0.3) is 0 Å². The van der Waals surface area contributed by atoms with E-state index >= 15 is 0 Å². The van der Waals surface area contributed by atoms with Gasteiger partial charge in [0, 0.05) is 17.3 Å². The first kappa shape index (κ1) is 20.5. The summed E-state index contributed by atoms with van der Waals surface area (Å²) in [7, 11) is 1.58. The van der Waals surface area contributed by atoms with E-state index in [1.807, 2.05) is 6.07 Å². The molecule has 0 aliphatic carbocycles. The van der Waals surface area contributed by atoms with Crippen molar-refractivity contribution in [2.75, 3.05) is 7.05 Å². The number of aliphatic imine (C=N–C) groups is 1. The van der Waals surface area contributed by atoms with Crippen LogP contribution in [0.3, 0.4) is 0 Å². The van der Waals surface area contributed by atoms with Crippen molar-refractivity contribution < 1.29 is 13.2 Å². The third-order valence-electron chi connectivity index (χ3n) is 2.53. The number of alkyl halides is 3. The van der Waals surface area contributed by atoms with Crippen LogP contribution in [0.2, 0.25) is 4.34 Å². The molecule has 0 radical (unpaired) electrons. The van der Waals surface area contributed by atoms with Gasteiger partial charge in [0.05, 0.1) is 17.4 Å². The monoisotopic (exact) mass is 496 g/mol. The lowest BCUT2D eigenvalue weighted by Gasteiger charge is -2.09. The number of hydrogen-bond donors (Lipinski definition) is 2. The van der Waals surface area contributed by atoms with Crippen molar-refractivity contribution in [3.8, 4) is 0 Å². The molecule has 0 aliphatic rings. The number of aromatic nitrogens is 1. The molecule has 0 unspecified atom stereocenters. The molecular formula is C12H13ClF3IN4S2. The van der Waals surface area contributed by atoms with Crippen LogP contribution in [0.1, 0.15) is 15.6 Å². The molecule has 11 heteroatoms. The first-order valence-electron chi connectivity index (χ1n) is 6.09. The van der Waals surface area contributed by atoms with Gasteiger partial charge in [-0.15, -0.1) is 46.7 Å².